The van der Waals surface area contributed by atoms with Crippen LogP contribution < -0.4 is 0 Å². The van der Waals surface area contributed by atoms with Crippen molar-refractivity contribution >= 4 is 15.8 Å². The van der Waals surface area contributed by atoms with E-state index in [9.17, 15) is 0 Å². The average Bonchev–Trinajstić information content (AvgIpc) is 3.12. The molecule has 0 bridgehead atoms. The van der Waals surface area contributed by atoms with Gasteiger partial charge in [-0.2, -0.15) is 0 Å². The van der Waals surface area contributed by atoms with Crippen LogP contribution in [0.3, 0.4) is 0 Å². The molecule has 4 rings (SSSR count). The minimum Gasteiger partial charge on any atom is -0.347 e. The molecule has 0 N–H and O–H groups in total. The maximum absolute atomic E-state index is 6.20. The Kier molecular flexibility index (Phi) is 5.60. The highest BCUT2D eigenvalue weighted by Gasteiger charge is 2.61. The van der Waals surface area contributed by atoms with E-state index >= 15 is 0 Å². The first-order chi connectivity index (χ1) is 13.2. The van der Waals surface area contributed by atoms with Crippen LogP contribution in [0.25, 0.3) is 0 Å². The third-order valence-electron chi connectivity index (χ3n) is 7.64. The fourth-order valence-electron chi connectivity index (χ4n) is 7.09. The number of hydrogen-bond donors (Lipinski definition) is 0. The van der Waals surface area contributed by atoms with Gasteiger partial charge >= 0.3 is 0 Å². The fourth-order valence-corrected chi connectivity index (χ4v) is 19.4. The van der Waals surface area contributed by atoms with Crippen molar-refractivity contribution in [3.8, 4) is 0 Å². The number of hydrogen-bond acceptors (Lipinski definition) is 4. The second-order valence-corrected chi connectivity index (χ2v) is 19.9. The molecule has 0 radical (unpaired) electrons. The summed E-state index contributed by atoms with van der Waals surface area (Å²) in [7, 11) is -0.353. The number of rotatable bonds is 2. The lowest BCUT2D eigenvalue weighted by molar-refractivity contribution is -0.178. The zero-order valence-electron chi connectivity index (χ0n) is 19.9. The molecular weight excluding hydrogens is 402 g/mol. The second kappa shape index (κ2) is 7.10. The van der Waals surface area contributed by atoms with Gasteiger partial charge in [-0.15, -0.1) is 0 Å². The average molecular weight is 445 g/mol. The van der Waals surface area contributed by atoms with E-state index in [1.807, 2.05) is 0 Å². The van der Waals surface area contributed by atoms with Gasteiger partial charge in [0.2, 0.25) is 0 Å². The molecular formula is C23H42O4P2. The van der Waals surface area contributed by atoms with Crippen LogP contribution >= 0.6 is 15.8 Å². The summed E-state index contributed by atoms with van der Waals surface area (Å²) in [5, 5.41) is 1.02. The van der Waals surface area contributed by atoms with Crippen LogP contribution in [0.15, 0.2) is 0 Å². The summed E-state index contributed by atoms with van der Waals surface area (Å²) in [5.74, 6) is 0.690. The summed E-state index contributed by atoms with van der Waals surface area (Å²) in [6.45, 7) is 22.9. The molecule has 4 aliphatic rings. The molecule has 4 nitrogen and oxygen atoms in total. The van der Waals surface area contributed by atoms with Crippen molar-refractivity contribution in [1.29, 1.82) is 0 Å². The lowest BCUT2D eigenvalue weighted by Gasteiger charge is -2.61. The minimum absolute atomic E-state index is 0.177. The van der Waals surface area contributed by atoms with E-state index < -0.39 is 0 Å². The maximum Gasteiger partial charge on any atom is 0.170 e. The standard InChI is InChI=1S/C23H42O4P2/c1-18(2)13-22(24-9-10-25-22)14-19(3,4)28(18)17-29-20(5,6)15-23(16-21(29,7)8)26-11-12-27-23/h9-17H2,1-8H3. The van der Waals surface area contributed by atoms with Crippen molar-refractivity contribution in [2.24, 2.45) is 0 Å². The Morgan fingerprint density at radius 1 is 0.483 bits per heavy atom. The van der Waals surface area contributed by atoms with E-state index in [2.05, 4.69) is 55.4 Å². The van der Waals surface area contributed by atoms with Gasteiger partial charge in [0.25, 0.3) is 0 Å². The Balaban J connectivity index is 1.60. The summed E-state index contributed by atoms with van der Waals surface area (Å²) < 4.78 is 24.8. The molecule has 4 saturated heterocycles. The summed E-state index contributed by atoms with van der Waals surface area (Å²) in [5.41, 5.74) is 0. The first-order valence-electron chi connectivity index (χ1n) is 11.3. The minimum atomic E-state index is -0.341. The molecule has 4 heterocycles. The van der Waals surface area contributed by atoms with Gasteiger partial charge in [-0.1, -0.05) is 71.2 Å². The van der Waals surface area contributed by atoms with Crippen LogP contribution in [0.4, 0.5) is 0 Å². The van der Waals surface area contributed by atoms with Crippen molar-refractivity contribution < 1.29 is 18.9 Å². The summed E-state index contributed by atoms with van der Waals surface area (Å²) >= 11 is 0. The zero-order chi connectivity index (χ0) is 21.3. The van der Waals surface area contributed by atoms with Crippen LogP contribution in [0.5, 0.6) is 0 Å². The van der Waals surface area contributed by atoms with E-state index in [-0.39, 0.29) is 48.0 Å². The Labute approximate surface area is 180 Å². The van der Waals surface area contributed by atoms with Gasteiger partial charge in [0.15, 0.2) is 11.6 Å². The first-order valence-corrected chi connectivity index (χ1v) is 14.4. The van der Waals surface area contributed by atoms with E-state index in [4.69, 9.17) is 18.9 Å². The van der Waals surface area contributed by atoms with Gasteiger partial charge in [-0.25, -0.2) is 0 Å². The lowest BCUT2D eigenvalue weighted by Crippen LogP contribution is -2.53. The van der Waals surface area contributed by atoms with Crippen LogP contribution in [0.1, 0.15) is 81.1 Å². The molecule has 0 unspecified atom stereocenters. The predicted octanol–water partition coefficient (Wildman–Crippen LogP) is 6.10. The molecule has 0 aromatic carbocycles. The Bertz CT molecular complexity index is 537. The van der Waals surface area contributed by atoms with E-state index in [0.717, 1.165) is 52.1 Å². The molecule has 6 heteroatoms. The van der Waals surface area contributed by atoms with Crippen LogP contribution in [0.2, 0.25) is 0 Å². The summed E-state index contributed by atoms with van der Waals surface area (Å²) in [6.07, 6.45) is 4.15. The summed E-state index contributed by atoms with van der Waals surface area (Å²) in [4.78, 5) is 0. The van der Waals surface area contributed by atoms with Crippen molar-refractivity contribution in [3.05, 3.63) is 0 Å². The molecule has 29 heavy (non-hydrogen) atoms. The van der Waals surface area contributed by atoms with Crippen molar-refractivity contribution in [2.75, 3.05) is 32.3 Å². The molecule has 0 aromatic rings. The molecule has 0 aliphatic carbocycles. The third-order valence-corrected chi connectivity index (χ3v) is 16.4. The van der Waals surface area contributed by atoms with Gasteiger partial charge in [-0.05, 0) is 26.5 Å². The van der Waals surface area contributed by atoms with Gasteiger partial charge < -0.3 is 18.9 Å². The Hall–Kier alpha value is 0.700. The van der Waals surface area contributed by atoms with Crippen LogP contribution in [-0.2, 0) is 18.9 Å². The molecule has 0 saturated carbocycles. The molecule has 0 atom stereocenters. The predicted molar refractivity (Wildman–Crippen MR) is 123 cm³/mol. The Morgan fingerprint density at radius 3 is 0.966 bits per heavy atom. The summed E-state index contributed by atoms with van der Waals surface area (Å²) in [6, 6.07) is 0. The monoisotopic (exact) mass is 444 g/mol. The molecule has 168 valence electrons. The molecule has 0 aromatic heterocycles. The SMILES string of the molecule is CC1(C)CC2(CC(C)(C)P1CP1C(C)(C)CC3(CC1(C)C)OCCO3)OCCO2. The topological polar surface area (TPSA) is 36.9 Å². The van der Waals surface area contributed by atoms with Gasteiger partial charge in [0.1, 0.15) is 0 Å². The maximum atomic E-state index is 6.20. The molecule has 0 amide bonds. The molecule has 4 aliphatic heterocycles. The zero-order valence-corrected chi connectivity index (χ0v) is 21.7. The fraction of sp³-hybridized carbons (Fsp3) is 1.00. The quantitative estimate of drug-likeness (QED) is 0.483. The first kappa shape index (κ1) is 22.9. The highest BCUT2D eigenvalue weighted by atomic mass is 31.2. The van der Waals surface area contributed by atoms with Crippen molar-refractivity contribution in [2.45, 2.75) is 113 Å². The normalized spacial score (nSPS) is 34.8. The van der Waals surface area contributed by atoms with Crippen LogP contribution in [0, 0.1) is 0 Å². The van der Waals surface area contributed by atoms with Crippen molar-refractivity contribution in [1.82, 2.24) is 0 Å². The van der Waals surface area contributed by atoms with Gasteiger partial charge in [-0.3, -0.25) is 0 Å². The highest BCUT2D eigenvalue weighted by molar-refractivity contribution is 7.77. The third kappa shape index (κ3) is 4.09. The van der Waals surface area contributed by atoms with Gasteiger partial charge in [0.05, 0.1) is 26.4 Å². The van der Waals surface area contributed by atoms with Gasteiger partial charge in [0, 0.05) is 25.7 Å². The molecule has 4 fully saturated rings. The molecule has 2 spiro atoms. The van der Waals surface area contributed by atoms with Crippen molar-refractivity contribution in [3.63, 3.8) is 0 Å². The van der Waals surface area contributed by atoms with E-state index in [1.165, 1.54) is 5.90 Å². The second-order valence-electron chi connectivity index (χ2n) is 12.2. The van der Waals surface area contributed by atoms with Crippen LogP contribution in [-0.4, -0.2) is 64.5 Å². The van der Waals surface area contributed by atoms with E-state index in [0.29, 0.717) is 0 Å². The lowest BCUT2D eigenvalue weighted by atomic mass is 9.91. The smallest absolute Gasteiger partial charge is 0.170 e. The largest absolute Gasteiger partial charge is 0.347 e. The van der Waals surface area contributed by atoms with E-state index in [1.54, 1.807) is 0 Å². The Morgan fingerprint density at radius 2 is 0.724 bits per heavy atom. The number of ether oxygens (including phenoxy) is 4. The highest BCUT2D eigenvalue weighted by Crippen LogP contribution is 2.79.